The summed E-state index contributed by atoms with van der Waals surface area (Å²) in [4.78, 5) is 6.49. The molecular formula is C10H16N4O. The molecule has 3 N–H and O–H groups in total. The van der Waals surface area contributed by atoms with E-state index in [4.69, 9.17) is 15.6 Å². The van der Waals surface area contributed by atoms with Gasteiger partial charge in [-0.25, -0.2) is 0 Å². The minimum atomic E-state index is 0.113. The highest BCUT2D eigenvalue weighted by atomic mass is 16.4. The van der Waals surface area contributed by atoms with Crippen molar-refractivity contribution in [2.45, 2.75) is 26.2 Å². The van der Waals surface area contributed by atoms with Gasteiger partial charge < -0.3 is 15.1 Å². The Bertz CT molecular complexity index is 365. The van der Waals surface area contributed by atoms with E-state index in [1.807, 2.05) is 6.92 Å². The fourth-order valence-corrected chi connectivity index (χ4v) is 1.79. The normalized spacial score (nSPS) is 15.9. The summed E-state index contributed by atoms with van der Waals surface area (Å²) < 4.78 is 5.60. The molecule has 1 saturated heterocycles. The second-order valence-electron chi connectivity index (χ2n) is 3.90. The van der Waals surface area contributed by atoms with Crippen molar-refractivity contribution < 1.29 is 4.42 Å². The van der Waals surface area contributed by atoms with E-state index in [0.717, 1.165) is 18.8 Å². The monoisotopic (exact) mass is 208 g/mol. The van der Waals surface area contributed by atoms with E-state index < -0.39 is 0 Å². The smallest absolute Gasteiger partial charge is 0.297 e. The van der Waals surface area contributed by atoms with Gasteiger partial charge >= 0.3 is 0 Å². The van der Waals surface area contributed by atoms with Gasteiger partial charge in [0, 0.05) is 13.1 Å². The number of nitrogens with zero attached hydrogens (tertiary/aromatic N) is 2. The number of oxazole rings is 1. The van der Waals surface area contributed by atoms with Crippen molar-refractivity contribution in [2.75, 3.05) is 18.0 Å². The lowest BCUT2D eigenvalue weighted by atomic mass is 10.3. The predicted octanol–water partition coefficient (Wildman–Crippen LogP) is 1.06. The predicted molar refractivity (Wildman–Crippen MR) is 58.3 cm³/mol. The lowest BCUT2D eigenvalue weighted by Gasteiger charge is -2.10. The number of hydrogen-bond acceptors (Lipinski definition) is 4. The van der Waals surface area contributed by atoms with E-state index in [2.05, 4.69) is 9.88 Å². The van der Waals surface area contributed by atoms with E-state index >= 15 is 0 Å². The summed E-state index contributed by atoms with van der Waals surface area (Å²) in [5, 5.41) is 7.22. The van der Waals surface area contributed by atoms with Crippen LogP contribution in [0.25, 0.3) is 0 Å². The number of rotatable bonds is 3. The minimum absolute atomic E-state index is 0.113. The van der Waals surface area contributed by atoms with Crippen molar-refractivity contribution in [3.8, 4) is 0 Å². The standard InChI is InChI=1S/C10H16N4O/c1-7-8(6-9(11)12)15-10(13-7)14-4-2-3-5-14/h2-6H2,1H3,(H3,11,12). The van der Waals surface area contributed by atoms with Crippen LogP contribution in [0, 0.1) is 12.3 Å². The van der Waals surface area contributed by atoms with Crippen LogP contribution in [0.2, 0.25) is 0 Å². The Labute approximate surface area is 88.8 Å². The van der Waals surface area contributed by atoms with Crippen LogP contribution in [0.1, 0.15) is 24.3 Å². The Balaban J connectivity index is 2.16. The number of aromatic nitrogens is 1. The first-order chi connectivity index (χ1) is 7.16. The third kappa shape index (κ3) is 2.11. The lowest BCUT2D eigenvalue weighted by molar-refractivity contribution is 0.511. The van der Waals surface area contributed by atoms with E-state index in [-0.39, 0.29) is 5.84 Å². The van der Waals surface area contributed by atoms with Gasteiger partial charge in [-0.1, -0.05) is 0 Å². The summed E-state index contributed by atoms with van der Waals surface area (Å²) in [5.41, 5.74) is 6.18. The molecule has 5 nitrogen and oxygen atoms in total. The number of hydrogen-bond donors (Lipinski definition) is 2. The Morgan fingerprint density at radius 1 is 1.53 bits per heavy atom. The van der Waals surface area contributed by atoms with Crippen molar-refractivity contribution in [3.05, 3.63) is 11.5 Å². The van der Waals surface area contributed by atoms with Crippen molar-refractivity contribution in [1.29, 1.82) is 5.41 Å². The highest BCUT2D eigenvalue weighted by Crippen LogP contribution is 2.22. The van der Waals surface area contributed by atoms with Crippen LogP contribution in [0.5, 0.6) is 0 Å². The zero-order chi connectivity index (χ0) is 10.8. The van der Waals surface area contributed by atoms with Crippen molar-refractivity contribution in [3.63, 3.8) is 0 Å². The van der Waals surface area contributed by atoms with Gasteiger partial charge in [0.25, 0.3) is 6.01 Å². The molecule has 82 valence electrons. The summed E-state index contributed by atoms with van der Waals surface area (Å²) in [5.74, 6) is 0.826. The highest BCUT2D eigenvalue weighted by molar-refractivity contribution is 5.79. The lowest BCUT2D eigenvalue weighted by Crippen LogP contribution is -2.17. The van der Waals surface area contributed by atoms with E-state index in [0.29, 0.717) is 18.2 Å². The van der Waals surface area contributed by atoms with Crippen LogP contribution in [0.4, 0.5) is 6.01 Å². The van der Waals surface area contributed by atoms with Gasteiger partial charge in [-0.15, -0.1) is 0 Å². The Morgan fingerprint density at radius 3 is 2.80 bits per heavy atom. The summed E-state index contributed by atoms with van der Waals surface area (Å²) >= 11 is 0. The third-order valence-corrected chi connectivity index (χ3v) is 2.61. The first-order valence-corrected chi connectivity index (χ1v) is 5.21. The first-order valence-electron chi connectivity index (χ1n) is 5.21. The quantitative estimate of drug-likeness (QED) is 0.575. The van der Waals surface area contributed by atoms with Crippen LogP contribution >= 0.6 is 0 Å². The molecule has 0 atom stereocenters. The Hall–Kier alpha value is -1.52. The van der Waals surface area contributed by atoms with Gasteiger partial charge in [0.1, 0.15) is 5.76 Å². The molecule has 0 spiro atoms. The van der Waals surface area contributed by atoms with Crippen molar-refractivity contribution >= 4 is 11.9 Å². The molecule has 1 aliphatic heterocycles. The molecule has 0 bridgehead atoms. The molecule has 1 aliphatic rings. The van der Waals surface area contributed by atoms with E-state index in [1.165, 1.54) is 12.8 Å². The molecule has 0 saturated carbocycles. The molecule has 0 unspecified atom stereocenters. The van der Waals surface area contributed by atoms with Crippen LogP contribution in [-0.4, -0.2) is 23.9 Å². The number of anilines is 1. The molecule has 15 heavy (non-hydrogen) atoms. The minimum Gasteiger partial charge on any atom is -0.428 e. The summed E-state index contributed by atoms with van der Waals surface area (Å²) in [6.45, 7) is 3.92. The summed E-state index contributed by atoms with van der Waals surface area (Å²) in [6.07, 6.45) is 2.75. The molecule has 0 radical (unpaired) electrons. The number of nitrogens with one attached hydrogen (secondary N) is 1. The molecule has 2 rings (SSSR count). The third-order valence-electron chi connectivity index (χ3n) is 2.61. The molecule has 2 heterocycles. The largest absolute Gasteiger partial charge is 0.428 e. The maximum atomic E-state index is 7.22. The van der Waals surface area contributed by atoms with Crippen LogP contribution in [-0.2, 0) is 6.42 Å². The van der Waals surface area contributed by atoms with Gasteiger partial charge in [0.15, 0.2) is 0 Å². The zero-order valence-corrected chi connectivity index (χ0v) is 8.92. The first kappa shape index (κ1) is 10.0. The average molecular weight is 208 g/mol. The van der Waals surface area contributed by atoms with Crippen LogP contribution in [0.15, 0.2) is 4.42 Å². The maximum absolute atomic E-state index is 7.22. The summed E-state index contributed by atoms with van der Waals surface area (Å²) in [7, 11) is 0. The van der Waals surface area contributed by atoms with E-state index in [1.54, 1.807) is 0 Å². The zero-order valence-electron chi connectivity index (χ0n) is 8.92. The molecule has 1 fully saturated rings. The van der Waals surface area contributed by atoms with Gasteiger partial charge in [-0.2, -0.15) is 4.98 Å². The second-order valence-corrected chi connectivity index (χ2v) is 3.90. The molecule has 1 aromatic rings. The Morgan fingerprint density at radius 2 is 2.20 bits per heavy atom. The fourth-order valence-electron chi connectivity index (χ4n) is 1.79. The van der Waals surface area contributed by atoms with Crippen molar-refractivity contribution in [1.82, 2.24) is 4.98 Å². The number of nitrogens with two attached hydrogens (primary N) is 1. The maximum Gasteiger partial charge on any atom is 0.297 e. The van der Waals surface area contributed by atoms with Crippen molar-refractivity contribution in [2.24, 2.45) is 5.73 Å². The molecule has 0 amide bonds. The molecule has 1 aromatic heterocycles. The fraction of sp³-hybridized carbons (Fsp3) is 0.600. The highest BCUT2D eigenvalue weighted by Gasteiger charge is 2.19. The van der Waals surface area contributed by atoms with Crippen LogP contribution < -0.4 is 10.6 Å². The topological polar surface area (TPSA) is 79.1 Å². The molecule has 0 aliphatic carbocycles. The molecule has 5 heteroatoms. The summed E-state index contributed by atoms with van der Waals surface area (Å²) in [6, 6.07) is 0.682. The average Bonchev–Trinajstić information content (AvgIpc) is 2.75. The van der Waals surface area contributed by atoms with Gasteiger partial charge in [-0.05, 0) is 19.8 Å². The number of amidine groups is 1. The second kappa shape index (κ2) is 3.92. The Kier molecular flexibility index (Phi) is 2.62. The van der Waals surface area contributed by atoms with Gasteiger partial charge in [0.05, 0.1) is 18.0 Å². The molecular weight excluding hydrogens is 192 g/mol. The number of aryl methyl sites for hydroxylation is 1. The molecule has 0 aromatic carbocycles. The SMILES string of the molecule is Cc1nc(N2CCCC2)oc1CC(=N)N. The van der Waals surface area contributed by atoms with Crippen LogP contribution in [0.3, 0.4) is 0 Å². The van der Waals surface area contributed by atoms with E-state index in [9.17, 15) is 0 Å². The van der Waals surface area contributed by atoms with Gasteiger partial charge in [0.2, 0.25) is 0 Å². The van der Waals surface area contributed by atoms with Gasteiger partial charge in [-0.3, -0.25) is 5.41 Å².